The van der Waals surface area contributed by atoms with Crippen molar-refractivity contribution in [2.24, 2.45) is 0 Å². The van der Waals surface area contributed by atoms with Gasteiger partial charge in [-0.1, -0.05) is 40.0 Å². The van der Waals surface area contributed by atoms with Crippen LogP contribution in [0.15, 0.2) is 87.5 Å². The van der Waals surface area contributed by atoms with Crippen molar-refractivity contribution in [2.45, 2.75) is 80.9 Å². The Kier molecular flexibility index (Phi) is 11.9. The van der Waals surface area contributed by atoms with Gasteiger partial charge < -0.3 is 18.4 Å². The fourth-order valence-electron chi connectivity index (χ4n) is 3.91. The molecule has 3 aromatic rings. The Morgan fingerprint density at radius 3 is 1.08 bits per heavy atom. The van der Waals surface area contributed by atoms with Gasteiger partial charge in [0.25, 0.3) is 0 Å². The van der Waals surface area contributed by atoms with Crippen LogP contribution in [0.5, 0.6) is 17.2 Å². The standard InChI is InChI=1S/C32H42O5S/c1-5-8-23-34-27-11-17-30(18-12-27)38(37-26(4)33,31-19-13-28(14-20-31)35-24-9-6-2)32-21-15-29(16-22-32)36-25-10-7-3/h11-22H,5-10,23-25H2,1-4H3. The van der Waals surface area contributed by atoms with Gasteiger partial charge in [-0.15, -0.1) is 0 Å². The van der Waals surface area contributed by atoms with Crippen LogP contribution in [0.1, 0.15) is 66.2 Å². The molecule has 0 aliphatic rings. The molecular formula is C32H42O5S. The maximum absolute atomic E-state index is 12.6. The molecule has 0 saturated heterocycles. The van der Waals surface area contributed by atoms with E-state index in [-0.39, 0.29) is 5.97 Å². The normalized spacial score (nSPS) is 11.6. The minimum atomic E-state index is -2.37. The van der Waals surface area contributed by atoms with Gasteiger partial charge in [0.2, 0.25) is 0 Å². The molecule has 0 amide bonds. The highest BCUT2D eigenvalue weighted by Crippen LogP contribution is 2.69. The van der Waals surface area contributed by atoms with E-state index in [0.29, 0.717) is 19.8 Å². The summed E-state index contributed by atoms with van der Waals surface area (Å²) in [6, 6.07) is 23.8. The molecule has 0 spiro atoms. The molecule has 0 heterocycles. The van der Waals surface area contributed by atoms with Crippen LogP contribution in [0.25, 0.3) is 0 Å². The Hall–Kier alpha value is -3.12. The molecule has 0 atom stereocenters. The number of unbranched alkanes of at least 4 members (excludes halogenated alkanes) is 3. The third-order valence-electron chi connectivity index (χ3n) is 6.01. The van der Waals surface area contributed by atoms with Gasteiger partial charge in [-0.05, 0) is 102 Å². The lowest BCUT2D eigenvalue weighted by molar-refractivity contribution is -0.131. The van der Waals surface area contributed by atoms with Crippen LogP contribution in [0.2, 0.25) is 0 Å². The summed E-state index contributed by atoms with van der Waals surface area (Å²) < 4.78 is 24.0. The molecule has 0 bridgehead atoms. The summed E-state index contributed by atoms with van der Waals surface area (Å²) in [6.45, 7) is 9.93. The second-order valence-electron chi connectivity index (χ2n) is 9.15. The number of ether oxygens (including phenoxy) is 3. The minimum Gasteiger partial charge on any atom is -0.494 e. The summed E-state index contributed by atoms with van der Waals surface area (Å²) in [5.74, 6) is 2.07. The van der Waals surface area contributed by atoms with E-state index in [9.17, 15) is 4.79 Å². The van der Waals surface area contributed by atoms with Crippen molar-refractivity contribution in [1.82, 2.24) is 0 Å². The molecule has 0 saturated carbocycles. The molecule has 0 aliphatic heterocycles. The first-order chi connectivity index (χ1) is 18.5. The van der Waals surface area contributed by atoms with E-state index in [1.54, 1.807) is 0 Å². The van der Waals surface area contributed by atoms with E-state index in [4.69, 9.17) is 18.4 Å². The van der Waals surface area contributed by atoms with Crippen molar-refractivity contribution in [1.29, 1.82) is 0 Å². The lowest BCUT2D eigenvalue weighted by atomic mass is 10.3. The van der Waals surface area contributed by atoms with E-state index in [2.05, 4.69) is 20.8 Å². The van der Waals surface area contributed by atoms with Crippen LogP contribution in [-0.2, 0) is 8.98 Å². The van der Waals surface area contributed by atoms with Crippen LogP contribution < -0.4 is 14.2 Å². The SMILES string of the molecule is CCCCOc1ccc(S(OC(C)=O)(c2ccc(OCCCC)cc2)c2ccc(OCCCC)cc2)cc1. The minimum absolute atomic E-state index is 0.338. The zero-order chi connectivity index (χ0) is 27.2. The van der Waals surface area contributed by atoms with Crippen LogP contribution >= 0.6 is 10.3 Å². The first kappa shape index (κ1) is 29.4. The number of carbonyl (C=O) groups is 1. The molecule has 0 aromatic heterocycles. The van der Waals surface area contributed by atoms with Crippen LogP contribution in [0.4, 0.5) is 0 Å². The van der Waals surface area contributed by atoms with Crippen molar-refractivity contribution in [3.63, 3.8) is 0 Å². The molecule has 6 heteroatoms. The largest absolute Gasteiger partial charge is 0.494 e. The highest BCUT2D eigenvalue weighted by Gasteiger charge is 2.35. The summed E-state index contributed by atoms with van der Waals surface area (Å²) in [4.78, 5) is 15.4. The average Bonchev–Trinajstić information content (AvgIpc) is 2.93. The maximum Gasteiger partial charge on any atom is 0.313 e. The van der Waals surface area contributed by atoms with Gasteiger partial charge in [0.15, 0.2) is 0 Å². The Morgan fingerprint density at radius 2 is 0.842 bits per heavy atom. The third-order valence-corrected chi connectivity index (χ3v) is 9.30. The van der Waals surface area contributed by atoms with Gasteiger partial charge in [-0.3, -0.25) is 4.79 Å². The Balaban J connectivity index is 2.05. The van der Waals surface area contributed by atoms with Gasteiger partial charge in [-0.2, -0.15) is 0 Å². The first-order valence-electron chi connectivity index (χ1n) is 13.8. The molecule has 38 heavy (non-hydrogen) atoms. The van der Waals surface area contributed by atoms with Crippen molar-refractivity contribution in [3.8, 4) is 17.2 Å². The van der Waals surface area contributed by atoms with E-state index in [0.717, 1.165) is 70.5 Å². The molecule has 3 rings (SSSR count). The Morgan fingerprint density at radius 1 is 0.553 bits per heavy atom. The highest BCUT2D eigenvalue weighted by molar-refractivity contribution is 8.30. The van der Waals surface area contributed by atoms with Gasteiger partial charge >= 0.3 is 5.97 Å². The van der Waals surface area contributed by atoms with Crippen molar-refractivity contribution in [3.05, 3.63) is 72.8 Å². The Bertz CT molecular complexity index is 964. The number of carbonyl (C=O) groups excluding carboxylic acids is 1. The topological polar surface area (TPSA) is 54.0 Å². The summed E-state index contributed by atoms with van der Waals surface area (Å²) in [5.41, 5.74) is 0. The van der Waals surface area contributed by atoms with E-state index >= 15 is 0 Å². The zero-order valence-electron chi connectivity index (χ0n) is 23.2. The molecule has 0 N–H and O–H groups in total. The molecule has 0 unspecified atom stereocenters. The van der Waals surface area contributed by atoms with Crippen LogP contribution in [0.3, 0.4) is 0 Å². The Labute approximate surface area is 230 Å². The van der Waals surface area contributed by atoms with Crippen LogP contribution in [-0.4, -0.2) is 25.8 Å². The van der Waals surface area contributed by atoms with Gasteiger partial charge in [0, 0.05) is 21.6 Å². The average molecular weight is 539 g/mol. The zero-order valence-corrected chi connectivity index (χ0v) is 24.1. The smallest absolute Gasteiger partial charge is 0.313 e. The number of rotatable bonds is 16. The van der Waals surface area contributed by atoms with Crippen molar-refractivity contribution < 1.29 is 23.2 Å². The monoisotopic (exact) mass is 538 g/mol. The summed E-state index contributed by atoms with van der Waals surface area (Å²) in [7, 11) is -2.37. The second kappa shape index (κ2) is 15.3. The second-order valence-corrected chi connectivity index (χ2v) is 11.8. The molecule has 0 aliphatic carbocycles. The molecule has 5 nitrogen and oxygen atoms in total. The van der Waals surface area contributed by atoms with Crippen LogP contribution in [0, 0.1) is 0 Å². The third kappa shape index (κ3) is 7.94. The number of hydrogen-bond acceptors (Lipinski definition) is 5. The molecule has 206 valence electrons. The summed E-state index contributed by atoms with van der Waals surface area (Å²) >= 11 is 0. The van der Waals surface area contributed by atoms with E-state index < -0.39 is 10.3 Å². The maximum atomic E-state index is 12.6. The van der Waals surface area contributed by atoms with Crippen molar-refractivity contribution >= 4 is 16.3 Å². The van der Waals surface area contributed by atoms with Crippen molar-refractivity contribution in [2.75, 3.05) is 19.8 Å². The molecule has 0 fully saturated rings. The summed E-state index contributed by atoms with van der Waals surface area (Å²) in [6.07, 6.45) is 6.24. The quantitative estimate of drug-likeness (QED) is 0.170. The number of benzene rings is 3. The predicted molar refractivity (Wildman–Crippen MR) is 155 cm³/mol. The fourth-order valence-corrected chi connectivity index (χ4v) is 6.93. The van der Waals surface area contributed by atoms with E-state index in [1.165, 1.54) is 6.92 Å². The molecule has 3 aromatic carbocycles. The highest BCUT2D eigenvalue weighted by atomic mass is 32.3. The van der Waals surface area contributed by atoms with Gasteiger partial charge in [0.1, 0.15) is 17.2 Å². The molecule has 0 radical (unpaired) electrons. The molecular weight excluding hydrogens is 496 g/mol. The number of hydrogen-bond donors (Lipinski definition) is 0. The lowest BCUT2D eigenvalue weighted by Crippen LogP contribution is -2.11. The predicted octanol–water partition coefficient (Wildman–Crippen LogP) is 8.98. The van der Waals surface area contributed by atoms with Gasteiger partial charge in [-0.25, -0.2) is 0 Å². The summed E-state index contributed by atoms with van der Waals surface area (Å²) in [5, 5.41) is 0. The fraction of sp³-hybridized carbons (Fsp3) is 0.406. The lowest BCUT2D eigenvalue weighted by Gasteiger charge is -2.39. The van der Waals surface area contributed by atoms with Gasteiger partial charge in [0.05, 0.1) is 19.8 Å². The van der Waals surface area contributed by atoms with E-state index in [1.807, 2.05) is 72.8 Å². The first-order valence-corrected chi connectivity index (χ1v) is 15.3.